The van der Waals surface area contributed by atoms with Crippen LogP contribution >= 0.6 is 0 Å². The maximum Gasteiger partial charge on any atom is 0.0707 e. The normalized spacial score (nSPS) is 18.2. The summed E-state index contributed by atoms with van der Waals surface area (Å²) in [7, 11) is 0. The van der Waals surface area contributed by atoms with Gasteiger partial charge in [0.15, 0.2) is 0 Å². The third kappa shape index (κ3) is 3.38. The number of nitrogens with zero attached hydrogens (tertiary/aromatic N) is 3. The van der Waals surface area contributed by atoms with Crippen LogP contribution in [0.25, 0.3) is 0 Å². The molecule has 1 aliphatic rings. The lowest BCUT2D eigenvalue weighted by Crippen LogP contribution is -2.41. The molecule has 0 N–H and O–H groups in total. The van der Waals surface area contributed by atoms with E-state index >= 15 is 0 Å². The first kappa shape index (κ1) is 17.1. The lowest BCUT2D eigenvalue weighted by molar-refractivity contribution is 0.227. The molecular formula is C17H33N3. The van der Waals surface area contributed by atoms with E-state index in [1.54, 1.807) is 0 Å². The average molecular weight is 279 g/mol. The van der Waals surface area contributed by atoms with E-state index in [4.69, 9.17) is 0 Å². The maximum atomic E-state index is 2.54. The first-order chi connectivity index (χ1) is 9.68. The van der Waals surface area contributed by atoms with E-state index in [9.17, 15) is 0 Å². The van der Waals surface area contributed by atoms with Crippen LogP contribution in [0, 0.1) is 0 Å². The summed E-state index contributed by atoms with van der Waals surface area (Å²) < 4.78 is 0. The van der Waals surface area contributed by atoms with Crippen LogP contribution in [0.3, 0.4) is 0 Å². The summed E-state index contributed by atoms with van der Waals surface area (Å²) in [6.07, 6.45) is 4.72. The van der Waals surface area contributed by atoms with Crippen molar-refractivity contribution in [2.75, 3.05) is 39.3 Å². The van der Waals surface area contributed by atoms with Crippen LogP contribution in [0.4, 0.5) is 0 Å². The van der Waals surface area contributed by atoms with Crippen molar-refractivity contribution < 1.29 is 0 Å². The van der Waals surface area contributed by atoms with Gasteiger partial charge in [0, 0.05) is 26.2 Å². The van der Waals surface area contributed by atoms with E-state index in [0.29, 0.717) is 6.04 Å². The second kappa shape index (κ2) is 8.35. The minimum atomic E-state index is 0.445. The minimum Gasteiger partial charge on any atom is -0.372 e. The van der Waals surface area contributed by atoms with Crippen molar-refractivity contribution in [3.8, 4) is 0 Å². The second-order valence-electron chi connectivity index (χ2n) is 5.14. The highest BCUT2D eigenvalue weighted by molar-refractivity contribution is 5.38. The van der Waals surface area contributed by atoms with Crippen LogP contribution in [0.1, 0.15) is 41.5 Å². The first-order valence-electron chi connectivity index (χ1n) is 8.34. The molecule has 20 heavy (non-hydrogen) atoms. The highest BCUT2D eigenvalue weighted by Gasteiger charge is 2.29. The number of rotatable bonds is 9. The Morgan fingerprint density at radius 2 is 1.25 bits per heavy atom. The molecule has 3 nitrogen and oxygen atoms in total. The molecule has 1 rings (SSSR count). The second-order valence-corrected chi connectivity index (χ2v) is 5.14. The molecule has 0 spiro atoms. The zero-order valence-electron chi connectivity index (χ0n) is 14.3. The minimum absolute atomic E-state index is 0.445. The predicted octanol–water partition coefficient (Wildman–Crippen LogP) is 3.16. The van der Waals surface area contributed by atoms with Crippen molar-refractivity contribution in [3.05, 3.63) is 23.5 Å². The van der Waals surface area contributed by atoms with Gasteiger partial charge in [-0.15, -0.1) is 0 Å². The summed E-state index contributed by atoms with van der Waals surface area (Å²) in [5.41, 5.74) is 2.93. The summed E-state index contributed by atoms with van der Waals surface area (Å²) in [5, 5.41) is 0. The van der Waals surface area contributed by atoms with Gasteiger partial charge in [0.1, 0.15) is 0 Å². The van der Waals surface area contributed by atoms with Gasteiger partial charge in [-0.2, -0.15) is 0 Å². The molecule has 0 radical (unpaired) electrons. The Labute approximate surface area is 125 Å². The lowest BCUT2D eigenvalue weighted by atomic mass is 10.1. The largest absolute Gasteiger partial charge is 0.372 e. The molecule has 0 heterocycles. The van der Waals surface area contributed by atoms with Gasteiger partial charge in [-0.25, -0.2) is 0 Å². The van der Waals surface area contributed by atoms with Crippen LogP contribution in [-0.2, 0) is 0 Å². The molecule has 0 amide bonds. The molecule has 1 aliphatic carbocycles. The number of hydrogen-bond donors (Lipinski definition) is 0. The summed E-state index contributed by atoms with van der Waals surface area (Å²) in [6.45, 7) is 20.0. The quantitative estimate of drug-likeness (QED) is 0.642. The number of allylic oxidation sites excluding steroid dienone is 1. The van der Waals surface area contributed by atoms with E-state index in [-0.39, 0.29) is 0 Å². The van der Waals surface area contributed by atoms with Gasteiger partial charge in [-0.05, 0) is 46.9 Å². The van der Waals surface area contributed by atoms with Crippen molar-refractivity contribution in [2.45, 2.75) is 47.6 Å². The number of hydrogen-bond acceptors (Lipinski definition) is 3. The van der Waals surface area contributed by atoms with Crippen molar-refractivity contribution in [2.24, 2.45) is 0 Å². The van der Waals surface area contributed by atoms with Gasteiger partial charge < -0.3 is 9.80 Å². The molecule has 0 aromatic rings. The van der Waals surface area contributed by atoms with Crippen LogP contribution in [-0.4, -0.2) is 60.0 Å². The topological polar surface area (TPSA) is 9.72 Å². The molecule has 3 heteroatoms. The third-order valence-corrected chi connectivity index (χ3v) is 4.39. The predicted molar refractivity (Wildman–Crippen MR) is 88.7 cm³/mol. The summed E-state index contributed by atoms with van der Waals surface area (Å²) in [5.74, 6) is 0. The summed E-state index contributed by atoms with van der Waals surface area (Å²) in [4.78, 5) is 7.55. The molecule has 0 saturated heterocycles. The summed E-state index contributed by atoms with van der Waals surface area (Å²) >= 11 is 0. The fraction of sp³-hybridized carbons (Fsp3) is 0.765. The fourth-order valence-corrected chi connectivity index (χ4v) is 3.17. The molecule has 0 aromatic carbocycles. The molecule has 1 unspecified atom stereocenters. The maximum absolute atomic E-state index is 2.54. The first-order valence-corrected chi connectivity index (χ1v) is 8.34. The van der Waals surface area contributed by atoms with Crippen LogP contribution < -0.4 is 0 Å². The van der Waals surface area contributed by atoms with Gasteiger partial charge in [0.2, 0.25) is 0 Å². The van der Waals surface area contributed by atoms with Crippen molar-refractivity contribution in [1.82, 2.24) is 14.7 Å². The molecular weight excluding hydrogens is 246 g/mol. The molecule has 0 aliphatic heterocycles. The monoisotopic (exact) mass is 279 g/mol. The van der Waals surface area contributed by atoms with Gasteiger partial charge in [-0.3, -0.25) is 4.90 Å². The van der Waals surface area contributed by atoms with Crippen molar-refractivity contribution in [1.29, 1.82) is 0 Å². The molecule has 1 atom stereocenters. The third-order valence-electron chi connectivity index (χ3n) is 4.39. The average Bonchev–Trinajstić information content (AvgIpc) is 2.88. The smallest absolute Gasteiger partial charge is 0.0707 e. The lowest BCUT2D eigenvalue weighted by Gasteiger charge is -2.36. The Hall–Kier alpha value is -0.960. The van der Waals surface area contributed by atoms with E-state index in [1.807, 2.05) is 0 Å². The van der Waals surface area contributed by atoms with Crippen LogP contribution in [0.15, 0.2) is 23.5 Å². The van der Waals surface area contributed by atoms with Crippen molar-refractivity contribution in [3.63, 3.8) is 0 Å². The Bertz CT molecular complexity index is 334. The van der Waals surface area contributed by atoms with Gasteiger partial charge in [0.05, 0.1) is 17.4 Å². The molecule has 0 bridgehead atoms. The fourth-order valence-electron chi connectivity index (χ4n) is 3.17. The molecule has 116 valence electrons. The SMILES string of the molecule is CCN(CC)C1=C(N(CC)CC)C(N(CC)CC)C=C1. The molecule has 0 saturated carbocycles. The van der Waals surface area contributed by atoms with Crippen LogP contribution in [0.5, 0.6) is 0 Å². The Kier molecular flexibility index (Phi) is 7.14. The molecule has 0 fully saturated rings. The van der Waals surface area contributed by atoms with E-state index in [2.05, 4.69) is 68.4 Å². The standard InChI is InChI=1S/C17H33N3/c1-7-18(8-2)15-13-14-16(19(9-3)10-4)17(15)20(11-5)12-6/h13-15H,7-12H2,1-6H3. The zero-order valence-corrected chi connectivity index (χ0v) is 14.3. The summed E-state index contributed by atoms with van der Waals surface area (Å²) in [6, 6.07) is 0.445. The molecule has 0 aromatic heterocycles. The van der Waals surface area contributed by atoms with Gasteiger partial charge in [-0.1, -0.05) is 19.9 Å². The van der Waals surface area contributed by atoms with Crippen molar-refractivity contribution >= 4 is 0 Å². The Balaban J connectivity index is 3.19. The highest BCUT2D eigenvalue weighted by atomic mass is 15.3. The van der Waals surface area contributed by atoms with E-state index < -0.39 is 0 Å². The van der Waals surface area contributed by atoms with Crippen LogP contribution in [0.2, 0.25) is 0 Å². The van der Waals surface area contributed by atoms with Gasteiger partial charge >= 0.3 is 0 Å². The Morgan fingerprint density at radius 3 is 1.65 bits per heavy atom. The van der Waals surface area contributed by atoms with E-state index in [0.717, 1.165) is 39.3 Å². The number of likely N-dealkylation sites (N-methyl/N-ethyl adjacent to an activating group) is 3. The Morgan fingerprint density at radius 1 is 0.750 bits per heavy atom. The highest BCUT2D eigenvalue weighted by Crippen LogP contribution is 2.29. The zero-order chi connectivity index (χ0) is 15.1. The van der Waals surface area contributed by atoms with E-state index in [1.165, 1.54) is 11.4 Å². The van der Waals surface area contributed by atoms with Gasteiger partial charge in [0.25, 0.3) is 0 Å².